The molecule has 0 spiro atoms. The predicted octanol–water partition coefficient (Wildman–Crippen LogP) is 2.85. The number of nitro groups is 1. The van der Waals surface area contributed by atoms with Crippen LogP contribution in [0.3, 0.4) is 0 Å². The number of ether oxygens (including phenoxy) is 1. The van der Waals surface area contributed by atoms with Gasteiger partial charge in [-0.1, -0.05) is 12.1 Å². The molecule has 7 nitrogen and oxygen atoms in total. The fourth-order valence-corrected chi connectivity index (χ4v) is 2.27. The number of nitro benzene ring substituents is 1. The van der Waals surface area contributed by atoms with Crippen molar-refractivity contribution >= 4 is 40.7 Å². The Kier molecular flexibility index (Phi) is 5.59. The average Bonchev–Trinajstić information content (AvgIpc) is 3.04. The van der Waals surface area contributed by atoms with E-state index in [9.17, 15) is 19.7 Å². The maximum absolute atomic E-state index is 11.7. The second-order valence-electron chi connectivity index (χ2n) is 4.32. The Labute approximate surface area is 135 Å². The van der Waals surface area contributed by atoms with Gasteiger partial charge in [-0.3, -0.25) is 14.9 Å². The molecule has 118 valence electrons. The monoisotopic (exact) mass is 332 g/mol. The molecule has 0 unspecified atom stereocenters. The van der Waals surface area contributed by atoms with Crippen molar-refractivity contribution in [3.8, 4) is 0 Å². The molecule has 1 aromatic heterocycles. The summed E-state index contributed by atoms with van der Waals surface area (Å²) in [5.41, 5.74) is 0.674. The van der Waals surface area contributed by atoms with Gasteiger partial charge in [0.2, 0.25) is 0 Å². The molecule has 8 heteroatoms. The first-order valence-corrected chi connectivity index (χ1v) is 7.41. The van der Waals surface area contributed by atoms with Crippen LogP contribution in [0.1, 0.15) is 5.56 Å². The number of nitrogens with one attached hydrogen (secondary N) is 1. The summed E-state index contributed by atoms with van der Waals surface area (Å²) in [4.78, 5) is 33.4. The number of esters is 1. The van der Waals surface area contributed by atoms with E-state index >= 15 is 0 Å². The van der Waals surface area contributed by atoms with Gasteiger partial charge in [-0.15, -0.1) is 0 Å². The number of para-hydroxylation sites is 2. The third-order valence-corrected chi connectivity index (χ3v) is 3.38. The molecule has 1 amide bonds. The Balaban J connectivity index is 1.86. The lowest BCUT2D eigenvalue weighted by Crippen LogP contribution is -2.20. The van der Waals surface area contributed by atoms with Crippen molar-refractivity contribution in [1.82, 2.24) is 0 Å². The van der Waals surface area contributed by atoms with Crippen LogP contribution in [0.2, 0.25) is 0 Å². The number of benzene rings is 1. The number of nitrogens with zero attached hydrogens (tertiary/aromatic N) is 1. The van der Waals surface area contributed by atoms with E-state index in [1.165, 1.54) is 35.6 Å². The van der Waals surface area contributed by atoms with E-state index in [4.69, 9.17) is 4.74 Å². The van der Waals surface area contributed by atoms with Crippen LogP contribution in [0.4, 0.5) is 11.4 Å². The van der Waals surface area contributed by atoms with Crippen molar-refractivity contribution in [2.45, 2.75) is 0 Å². The number of carbonyl (C=O) groups is 2. The SMILES string of the molecule is O=C(COC(=O)/C=C/c1ccsc1)Nc1ccccc1[N+](=O)[O-]. The molecule has 1 N–H and O–H groups in total. The van der Waals surface area contributed by atoms with Gasteiger partial charge in [0.1, 0.15) is 5.69 Å². The van der Waals surface area contributed by atoms with E-state index in [1.54, 1.807) is 12.1 Å². The van der Waals surface area contributed by atoms with Gasteiger partial charge >= 0.3 is 5.97 Å². The number of carbonyl (C=O) groups excluding carboxylic acids is 2. The van der Waals surface area contributed by atoms with Crippen LogP contribution in [-0.4, -0.2) is 23.4 Å². The molecule has 0 radical (unpaired) electrons. The highest BCUT2D eigenvalue weighted by atomic mass is 32.1. The Bertz CT molecular complexity index is 740. The number of anilines is 1. The maximum Gasteiger partial charge on any atom is 0.331 e. The molecule has 1 aromatic carbocycles. The van der Waals surface area contributed by atoms with Crippen LogP contribution in [0.5, 0.6) is 0 Å². The molecule has 2 rings (SSSR count). The quantitative estimate of drug-likeness (QED) is 0.379. The number of hydrogen-bond acceptors (Lipinski definition) is 6. The lowest BCUT2D eigenvalue weighted by molar-refractivity contribution is -0.383. The van der Waals surface area contributed by atoms with Crippen LogP contribution in [0, 0.1) is 10.1 Å². The van der Waals surface area contributed by atoms with E-state index in [0.717, 1.165) is 5.56 Å². The van der Waals surface area contributed by atoms with Crippen molar-refractivity contribution in [3.63, 3.8) is 0 Å². The summed E-state index contributed by atoms with van der Waals surface area (Å²) in [5, 5.41) is 16.9. The average molecular weight is 332 g/mol. The van der Waals surface area contributed by atoms with Gasteiger partial charge < -0.3 is 10.1 Å². The number of hydrogen-bond donors (Lipinski definition) is 1. The van der Waals surface area contributed by atoms with Crippen LogP contribution in [0.25, 0.3) is 6.08 Å². The zero-order valence-electron chi connectivity index (χ0n) is 11.8. The van der Waals surface area contributed by atoms with Gasteiger partial charge in [-0.25, -0.2) is 4.79 Å². The van der Waals surface area contributed by atoms with Crippen molar-refractivity contribution in [2.75, 3.05) is 11.9 Å². The second kappa shape index (κ2) is 7.85. The summed E-state index contributed by atoms with van der Waals surface area (Å²) < 4.78 is 4.77. The molecule has 0 saturated heterocycles. The third kappa shape index (κ3) is 5.04. The van der Waals surface area contributed by atoms with Gasteiger partial charge in [0.25, 0.3) is 11.6 Å². The predicted molar refractivity (Wildman–Crippen MR) is 86.0 cm³/mol. The highest BCUT2D eigenvalue weighted by Crippen LogP contribution is 2.22. The van der Waals surface area contributed by atoms with E-state index in [2.05, 4.69) is 5.32 Å². The molecule has 0 aliphatic rings. The minimum Gasteiger partial charge on any atom is -0.452 e. The summed E-state index contributed by atoms with van der Waals surface area (Å²) >= 11 is 1.49. The van der Waals surface area contributed by atoms with Crippen LogP contribution in [-0.2, 0) is 14.3 Å². The Morgan fingerprint density at radius 3 is 2.78 bits per heavy atom. The van der Waals surface area contributed by atoms with Gasteiger partial charge in [-0.05, 0) is 34.5 Å². The molecule has 2 aromatic rings. The van der Waals surface area contributed by atoms with E-state index in [-0.39, 0.29) is 11.4 Å². The topological polar surface area (TPSA) is 98.5 Å². The lowest BCUT2D eigenvalue weighted by Gasteiger charge is -2.05. The highest BCUT2D eigenvalue weighted by Gasteiger charge is 2.15. The molecule has 0 fully saturated rings. The van der Waals surface area contributed by atoms with Gasteiger partial charge in [0.15, 0.2) is 6.61 Å². The second-order valence-corrected chi connectivity index (χ2v) is 5.10. The van der Waals surface area contributed by atoms with Gasteiger partial charge in [-0.2, -0.15) is 11.3 Å². The molecule has 0 atom stereocenters. The first-order valence-electron chi connectivity index (χ1n) is 6.46. The van der Waals surface area contributed by atoms with Crippen molar-refractivity contribution in [3.05, 3.63) is 62.8 Å². The van der Waals surface area contributed by atoms with Crippen molar-refractivity contribution in [2.24, 2.45) is 0 Å². The summed E-state index contributed by atoms with van der Waals surface area (Å²) in [5.74, 6) is -1.33. The fourth-order valence-electron chi connectivity index (χ4n) is 1.64. The molecule has 23 heavy (non-hydrogen) atoms. The van der Waals surface area contributed by atoms with Crippen LogP contribution >= 0.6 is 11.3 Å². The number of rotatable bonds is 6. The van der Waals surface area contributed by atoms with Crippen LogP contribution in [0.15, 0.2) is 47.2 Å². The first kappa shape index (κ1) is 16.4. The summed E-state index contributed by atoms with van der Waals surface area (Å²) in [6.45, 7) is -0.529. The molecule has 0 bridgehead atoms. The van der Waals surface area contributed by atoms with E-state index in [1.807, 2.05) is 16.8 Å². The zero-order valence-corrected chi connectivity index (χ0v) is 12.6. The third-order valence-electron chi connectivity index (χ3n) is 2.68. The fraction of sp³-hybridized carbons (Fsp3) is 0.0667. The molecule has 1 heterocycles. The molecular formula is C15H12N2O5S. The lowest BCUT2D eigenvalue weighted by atomic mass is 10.2. The highest BCUT2D eigenvalue weighted by molar-refractivity contribution is 7.08. The van der Waals surface area contributed by atoms with Gasteiger partial charge in [0.05, 0.1) is 4.92 Å². The molecular weight excluding hydrogens is 320 g/mol. The van der Waals surface area contributed by atoms with Crippen molar-refractivity contribution in [1.29, 1.82) is 0 Å². The number of thiophene rings is 1. The number of amides is 1. The first-order chi connectivity index (χ1) is 11.1. The Morgan fingerprint density at radius 2 is 2.09 bits per heavy atom. The molecule has 0 saturated carbocycles. The van der Waals surface area contributed by atoms with Gasteiger partial charge in [0, 0.05) is 12.1 Å². The minimum absolute atomic E-state index is 0.0485. The smallest absolute Gasteiger partial charge is 0.331 e. The Morgan fingerprint density at radius 1 is 1.30 bits per heavy atom. The van der Waals surface area contributed by atoms with Crippen molar-refractivity contribution < 1.29 is 19.2 Å². The molecule has 0 aliphatic carbocycles. The maximum atomic E-state index is 11.7. The largest absolute Gasteiger partial charge is 0.452 e. The van der Waals surface area contributed by atoms with E-state index in [0.29, 0.717) is 0 Å². The normalized spacial score (nSPS) is 10.4. The van der Waals surface area contributed by atoms with E-state index < -0.39 is 23.4 Å². The minimum atomic E-state index is -0.672. The van der Waals surface area contributed by atoms with Crippen LogP contribution < -0.4 is 5.32 Å². The standard InChI is InChI=1S/C15H12N2O5S/c18-14(16-12-3-1-2-4-13(12)17(20)21)9-22-15(19)6-5-11-7-8-23-10-11/h1-8,10H,9H2,(H,16,18)/b6-5+. The Hall–Kier alpha value is -3.00. The summed E-state index contributed by atoms with van der Waals surface area (Å²) in [7, 11) is 0. The summed E-state index contributed by atoms with van der Waals surface area (Å²) in [6, 6.07) is 7.54. The summed E-state index contributed by atoms with van der Waals surface area (Å²) in [6.07, 6.45) is 2.78. The zero-order chi connectivity index (χ0) is 16.7. The molecule has 0 aliphatic heterocycles.